The first kappa shape index (κ1) is 28.8. The van der Waals surface area contributed by atoms with E-state index in [-0.39, 0.29) is 42.5 Å². The van der Waals surface area contributed by atoms with Crippen LogP contribution < -0.4 is 14.8 Å². The Labute approximate surface area is 224 Å². The Kier molecular flexibility index (Phi) is 9.93. The van der Waals surface area contributed by atoms with Crippen LogP contribution in [0.4, 0.5) is 10.5 Å². The lowest BCUT2D eigenvalue weighted by Crippen LogP contribution is -2.50. The number of urea groups is 1. The highest BCUT2D eigenvalue weighted by Gasteiger charge is 2.34. The number of aliphatic hydroxyl groups excluding tert-OH is 1. The van der Waals surface area contributed by atoms with Gasteiger partial charge >= 0.3 is 6.03 Å². The number of amides is 3. The monoisotopic (exact) mass is 523 g/mol. The molecule has 0 unspecified atom stereocenters. The highest BCUT2D eigenvalue weighted by molar-refractivity contribution is 5.97. The zero-order valence-electron chi connectivity index (χ0n) is 22.9. The summed E-state index contributed by atoms with van der Waals surface area (Å²) in [6, 6.07) is 8.11. The van der Waals surface area contributed by atoms with Gasteiger partial charge in [0, 0.05) is 31.3 Å². The minimum atomic E-state index is -0.471. The Morgan fingerprint density at radius 1 is 1.34 bits per heavy atom. The summed E-state index contributed by atoms with van der Waals surface area (Å²) in [6.07, 6.45) is 1.11. The molecule has 0 aliphatic carbocycles. The number of aliphatic hydroxyl groups is 1. The molecule has 204 valence electrons. The number of fused-ring (bicyclic) bond motifs is 1. The topological polar surface area (TPSA) is 107 Å². The van der Waals surface area contributed by atoms with Gasteiger partial charge in [0.1, 0.15) is 17.4 Å². The number of carbonyl (C=O) groups is 2. The van der Waals surface area contributed by atoms with Crippen LogP contribution in [0.3, 0.4) is 0 Å². The van der Waals surface area contributed by atoms with Crippen molar-refractivity contribution in [3.05, 3.63) is 47.7 Å². The summed E-state index contributed by atoms with van der Waals surface area (Å²) in [5.74, 6) is 6.38. The molecule has 10 nitrogen and oxygen atoms in total. The molecule has 38 heavy (non-hydrogen) atoms. The van der Waals surface area contributed by atoms with Crippen LogP contribution in [0, 0.1) is 17.8 Å². The van der Waals surface area contributed by atoms with Crippen LogP contribution in [0.15, 0.2) is 36.5 Å². The molecule has 0 radical (unpaired) electrons. The van der Waals surface area contributed by atoms with Crippen LogP contribution in [-0.4, -0.2) is 103 Å². The maximum atomic E-state index is 13.5. The zero-order chi connectivity index (χ0) is 27.8. The predicted octanol–water partition coefficient (Wildman–Crippen LogP) is 2.39. The Morgan fingerprint density at radius 2 is 2.08 bits per heavy atom. The molecule has 0 saturated carbocycles. The lowest BCUT2D eigenvalue weighted by atomic mass is 10.00. The largest absolute Gasteiger partial charge is 0.495 e. The molecular formula is C28H37N5O5. The number of likely N-dealkylation sites (N-methyl/N-ethyl adjacent to an activating group) is 1. The number of benzene rings is 1. The summed E-state index contributed by atoms with van der Waals surface area (Å²) in [5, 5.41) is 12.7. The van der Waals surface area contributed by atoms with E-state index >= 15 is 0 Å². The van der Waals surface area contributed by atoms with Crippen molar-refractivity contribution in [3.8, 4) is 23.5 Å². The number of nitrogens with one attached hydrogen (secondary N) is 1. The van der Waals surface area contributed by atoms with Crippen LogP contribution in [0.25, 0.3) is 0 Å². The Balaban J connectivity index is 1.87. The number of aromatic nitrogens is 1. The van der Waals surface area contributed by atoms with Crippen LogP contribution in [0.5, 0.6) is 11.6 Å². The van der Waals surface area contributed by atoms with Crippen molar-refractivity contribution in [1.29, 1.82) is 0 Å². The normalized spacial score (nSPS) is 17.8. The summed E-state index contributed by atoms with van der Waals surface area (Å²) in [5.41, 5.74) is 1.43. The van der Waals surface area contributed by atoms with Crippen LogP contribution >= 0.6 is 0 Å². The smallest absolute Gasteiger partial charge is 0.321 e. The third-order valence-electron chi connectivity index (χ3n) is 6.30. The number of pyridine rings is 1. The fraction of sp³-hybridized carbons (Fsp3) is 0.464. The van der Waals surface area contributed by atoms with Gasteiger partial charge in [0.05, 0.1) is 38.5 Å². The highest BCUT2D eigenvalue weighted by Crippen LogP contribution is 2.28. The number of anilines is 1. The van der Waals surface area contributed by atoms with E-state index in [1.165, 1.54) is 4.90 Å². The molecule has 3 amide bonds. The lowest BCUT2D eigenvalue weighted by molar-refractivity contribution is 0.0356. The Bertz CT molecular complexity index is 1190. The lowest BCUT2D eigenvalue weighted by Gasteiger charge is -2.37. The first-order valence-corrected chi connectivity index (χ1v) is 12.5. The molecular weight excluding hydrogens is 486 g/mol. The van der Waals surface area contributed by atoms with E-state index in [1.54, 1.807) is 50.4 Å². The van der Waals surface area contributed by atoms with Gasteiger partial charge in [-0.25, -0.2) is 9.78 Å². The molecule has 0 bridgehead atoms. The fourth-order valence-electron chi connectivity index (χ4n) is 4.00. The SMILES string of the molecule is COc1ccccc1NC(=O)N(C)C[C@H]1Oc2ncc(C#CCN(C)C)cc2C(=O)N([C@H](C)CO)C[C@H]1C. The summed E-state index contributed by atoms with van der Waals surface area (Å²) >= 11 is 0. The molecule has 1 aliphatic rings. The second kappa shape index (κ2) is 13.1. The predicted molar refractivity (Wildman–Crippen MR) is 145 cm³/mol. The molecule has 0 fully saturated rings. The number of ether oxygens (including phenoxy) is 2. The van der Waals surface area contributed by atoms with Gasteiger partial charge in [-0.15, -0.1) is 0 Å². The van der Waals surface area contributed by atoms with Gasteiger partial charge in [0.2, 0.25) is 5.88 Å². The van der Waals surface area contributed by atoms with Gasteiger partial charge in [-0.05, 0) is 39.2 Å². The summed E-state index contributed by atoms with van der Waals surface area (Å²) < 4.78 is 11.6. The van der Waals surface area contributed by atoms with E-state index in [4.69, 9.17) is 9.47 Å². The van der Waals surface area contributed by atoms with Gasteiger partial charge in [-0.2, -0.15) is 0 Å². The van der Waals surface area contributed by atoms with E-state index in [2.05, 4.69) is 22.1 Å². The highest BCUT2D eigenvalue weighted by atomic mass is 16.5. The molecule has 3 atom stereocenters. The quantitative estimate of drug-likeness (QED) is 0.537. The summed E-state index contributed by atoms with van der Waals surface area (Å²) in [6.45, 7) is 4.70. The van der Waals surface area contributed by atoms with Gasteiger partial charge in [0.15, 0.2) is 0 Å². The average molecular weight is 524 g/mol. The average Bonchev–Trinajstić information content (AvgIpc) is 2.90. The van der Waals surface area contributed by atoms with Crippen molar-refractivity contribution in [2.24, 2.45) is 5.92 Å². The molecule has 3 rings (SSSR count). The molecule has 0 saturated heterocycles. The Hall–Kier alpha value is -3.81. The number of carbonyl (C=O) groups excluding carboxylic acids is 2. The first-order valence-electron chi connectivity index (χ1n) is 12.5. The number of rotatable bonds is 7. The van der Waals surface area contributed by atoms with Crippen molar-refractivity contribution in [2.75, 3.05) is 59.8 Å². The number of hydrogen-bond acceptors (Lipinski definition) is 7. The second-order valence-electron chi connectivity index (χ2n) is 9.75. The van der Waals surface area contributed by atoms with Crippen molar-refractivity contribution in [2.45, 2.75) is 26.0 Å². The minimum absolute atomic E-state index is 0.163. The first-order chi connectivity index (χ1) is 18.1. The van der Waals surface area contributed by atoms with Gasteiger partial charge in [-0.1, -0.05) is 30.9 Å². The van der Waals surface area contributed by atoms with E-state index in [9.17, 15) is 14.7 Å². The number of para-hydroxylation sites is 2. The van der Waals surface area contributed by atoms with E-state index in [0.717, 1.165) is 0 Å². The van der Waals surface area contributed by atoms with E-state index in [1.807, 2.05) is 38.1 Å². The maximum Gasteiger partial charge on any atom is 0.321 e. The van der Waals surface area contributed by atoms with Crippen molar-refractivity contribution in [1.82, 2.24) is 19.7 Å². The molecule has 1 aromatic carbocycles. The third kappa shape index (κ3) is 7.15. The summed E-state index contributed by atoms with van der Waals surface area (Å²) in [7, 11) is 7.07. The number of nitrogens with zero attached hydrogens (tertiary/aromatic N) is 4. The van der Waals surface area contributed by atoms with Crippen molar-refractivity contribution < 1.29 is 24.2 Å². The van der Waals surface area contributed by atoms with Gasteiger partial charge < -0.3 is 29.7 Å². The minimum Gasteiger partial charge on any atom is -0.495 e. The van der Waals surface area contributed by atoms with Crippen LogP contribution in [0.1, 0.15) is 29.8 Å². The molecule has 2 N–H and O–H groups in total. The molecule has 0 spiro atoms. The number of methoxy groups -OCH3 is 1. The van der Waals surface area contributed by atoms with Crippen molar-refractivity contribution in [3.63, 3.8) is 0 Å². The van der Waals surface area contributed by atoms with E-state index in [0.29, 0.717) is 30.1 Å². The van der Waals surface area contributed by atoms with E-state index < -0.39 is 12.1 Å². The zero-order valence-corrected chi connectivity index (χ0v) is 22.9. The van der Waals surface area contributed by atoms with Gasteiger partial charge in [0.25, 0.3) is 5.91 Å². The molecule has 2 heterocycles. The number of hydrogen-bond donors (Lipinski definition) is 2. The maximum absolute atomic E-state index is 13.5. The summed E-state index contributed by atoms with van der Waals surface area (Å²) in [4.78, 5) is 36.1. The van der Waals surface area contributed by atoms with Crippen LogP contribution in [0.2, 0.25) is 0 Å². The molecule has 1 aliphatic heterocycles. The molecule has 2 aromatic rings. The molecule has 10 heteroatoms. The van der Waals surface area contributed by atoms with Crippen LogP contribution in [-0.2, 0) is 0 Å². The third-order valence-corrected chi connectivity index (χ3v) is 6.30. The fourth-order valence-corrected chi connectivity index (χ4v) is 4.00. The van der Waals surface area contributed by atoms with Gasteiger partial charge in [-0.3, -0.25) is 9.69 Å². The van der Waals surface area contributed by atoms with Crippen molar-refractivity contribution >= 4 is 17.6 Å². The second-order valence-corrected chi connectivity index (χ2v) is 9.75. The Morgan fingerprint density at radius 3 is 2.76 bits per heavy atom. The standard InChI is InChI=1S/C28H37N5O5/c1-19-16-33(20(2)18-34)27(35)22-14-21(10-9-13-31(3)4)15-29-26(22)38-25(19)17-32(5)28(36)30-23-11-7-8-12-24(23)37-6/h7-8,11-12,14-15,19-20,25,34H,13,16-18H2,1-6H3,(H,30,36)/t19-,20-,25-/m1/s1. The molecule has 1 aromatic heterocycles.